The van der Waals surface area contributed by atoms with Crippen molar-refractivity contribution in [2.75, 3.05) is 11.1 Å². The highest BCUT2D eigenvalue weighted by Gasteiger charge is 2.17. The number of nitrogen functional groups attached to an aromatic ring is 1. The summed E-state index contributed by atoms with van der Waals surface area (Å²) in [5.41, 5.74) is 6.44. The van der Waals surface area contributed by atoms with Gasteiger partial charge in [0, 0.05) is 16.6 Å². The summed E-state index contributed by atoms with van der Waals surface area (Å²) in [5, 5.41) is 13.3. The van der Waals surface area contributed by atoms with E-state index < -0.39 is 20.9 Å². The van der Waals surface area contributed by atoms with Gasteiger partial charge in [0.15, 0.2) is 0 Å². The van der Waals surface area contributed by atoms with Gasteiger partial charge in [-0.2, -0.15) is 8.42 Å². The molecule has 3 aromatic rings. The van der Waals surface area contributed by atoms with Gasteiger partial charge in [0.1, 0.15) is 5.75 Å². The topological polar surface area (TPSA) is 130 Å². The van der Waals surface area contributed by atoms with Crippen LogP contribution in [0.4, 0.5) is 11.4 Å². The van der Waals surface area contributed by atoms with Crippen LogP contribution in [0.5, 0.6) is 5.75 Å². The smallest absolute Gasteiger partial charge is 0.294 e. The van der Waals surface area contributed by atoms with Crippen molar-refractivity contribution in [2.24, 2.45) is 0 Å². The Morgan fingerprint density at radius 3 is 2.36 bits per heavy atom. The maximum atomic E-state index is 12.4. The Morgan fingerprint density at radius 2 is 1.72 bits per heavy atom. The summed E-state index contributed by atoms with van der Waals surface area (Å²) in [6.07, 6.45) is 0. The molecular weight excluding hydrogens is 344 g/mol. The Labute approximate surface area is 143 Å². The number of hydrogen-bond acceptors (Lipinski definition) is 5. The second-order valence-electron chi connectivity index (χ2n) is 5.40. The zero-order chi connectivity index (χ0) is 18.2. The molecule has 0 saturated heterocycles. The van der Waals surface area contributed by atoms with Gasteiger partial charge in [0.2, 0.25) is 0 Å². The number of fused-ring (bicyclic) bond motifs is 1. The van der Waals surface area contributed by atoms with Crippen LogP contribution in [0.1, 0.15) is 10.4 Å². The summed E-state index contributed by atoms with van der Waals surface area (Å²) in [5.74, 6) is -0.649. The van der Waals surface area contributed by atoms with Crippen molar-refractivity contribution in [3.05, 3.63) is 60.2 Å². The lowest BCUT2D eigenvalue weighted by molar-refractivity contribution is 0.102. The minimum Gasteiger partial charge on any atom is -0.507 e. The monoisotopic (exact) mass is 358 g/mol. The van der Waals surface area contributed by atoms with E-state index in [-0.39, 0.29) is 16.8 Å². The van der Waals surface area contributed by atoms with Crippen molar-refractivity contribution in [1.82, 2.24) is 0 Å². The van der Waals surface area contributed by atoms with Crippen molar-refractivity contribution in [1.29, 1.82) is 0 Å². The third-order valence-corrected chi connectivity index (χ3v) is 4.48. The molecule has 0 spiro atoms. The molecule has 0 unspecified atom stereocenters. The highest BCUT2D eigenvalue weighted by Crippen LogP contribution is 2.34. The molecule has 0 heterocycles. The molecule has 1 amide bonds. The van der Waals surface area contributed by atoms with E-state index in [2.05, 4.69) is 5.32 Å². The number of nitrogens with two attached hydrogens (primary N) is 1. The molecule has 0 bridgehead atoms. The number of phenolic OH excluding ortho intramolecular Hbond substituents is 1. The number of carbonyl (C=O) groups is 1. The first-order chi connectivity index (χ1) is 11.8. The van der Waals surface area contributed by atoms with Gasteiger partial charge in [-0.1, -0.05) is 12.1 Å². The molecule has 3 rings (SSSR count). The molecular formula is C17H14N2O5S. The van der Waals surface area contributed by atoms with E-state index >= 15 is 0 Å². The highest BCUT2D eigenvalue weighted by molar-refractivity contribution is 7.85. The minimum absolute atomic E-state index is 0.0602. The fraction of sp³-hybridized carbons (Fsp3) is 0. The van der Waals surface area contributed by atoms with E-state index in [1.807, 2.05) is 0 Å². The molecule has 0 aromatic heterocycles. The lowest BCUT2D eigenvalue weighted by Gasteiger charge is -2.12. The molecule has 0 aliphatic heterocycles. The van der Waals surface area contributed by atoms with Gasteiger partial charge in [0.05, 0.1) is 10.6 Å². The first-order valence-electron chi connectivity index (χ1n) is 7.16. The Kier molecular flexibility index (Phi) is 4.07. The average molecular weight is 358 g/mol. The number of carbonyl (C=O) groups excluding carboxylic acids is 1. The maximum Gasteiger partial charge on any atom is 0.294 e. The van der Waals surface area contributed by atoms with E-state index in [0.717, 1.165) is 6.07 Å². The summed E-state index contributed by atoms with van der Waals surface area (Å²) in [4.78, 5) is 12.0. The van der Waals surface area contributed by atoms with Gasteiger partial charge in [0.25, 0.3) is 16.0 Å². The molecule has 128 valence electrons. The van der Waals surface area contributed by atoms with Crippen molar-refractivity contribution in [2.45, 2.75) is 4.90 Å². The lowest BCUT2D eigenvalue weighted by atomic mass is 10.1. The van der Waals surface area contributed by atoms with Crippen LogP contribution in [-0.2, 0) is 10.1 Å². The van der Waals surface area contributed by atoms with Crippen molar-refractivity contribution < 1.29 is 22.9 Å². The van der Waals surface area contributed by atoms with E-state index in [9.17, 15) is 22.9 Å². The standard InChI is InChI=1S/C17H14N2O5S/c18-12-6-4-10(5-7-12)17(21)19-14-9-13(25(22,23)24)8-11-2-1-3-15(20)16(11)14/h1-9,20H,18H2,(H,19,21)(H,22,23,24). The van der Waals surface area contributed by atoms with Crippen LogP contribution in [-0.4, -0.2) is 24.0 Å². The number of anilines is 2. The molecule has 0 aliphatic carbocycles. The number of rotatable bonds is 3. The largest absolute Gasteiger partial charge is 0.507 e. The number of hydrogen-bond donors (Lipinski definition) is 4. The third-order valence-electron chi connectivity index (χ3n) is 3.65. The molecule has 0 saturated carbocycles. The van der Waals surface area contributed by atoms with Crippen LogP contribution in [0.3, 0.4) is 0 Å². The van der Waals surface area contributed by atoms with Gasteiger partial charge >= 0.3 is 0 Å². The van der Waals surface area contributed by atoms with E-state index in [1.54, 1.807) is 18.2 Å². The predicted molar refractivity (Wildman–Crippen MR) is 94.2 cm³/mol. The van der Waals surface area contributed by atoms with Gasteiger partial charge < -0.3 is 16.2 Å². The fourth-order valence-electron chi connectivity index (χ4n) is 2.46. The van der Waals surface area contributed by atoms with Gasteiger partial charge in [-0.25, -0.2) is 0 Å². The van der Waals surface area contributed by atoms with E-state index in [0.29, 0.717) is 16.6 Å². The second-order valence-corrected chi connectivity index (χ2v) is 6.82. The van der Waals surface area contributed by atoms with Gasteiger partial charge in [-0.15, -0.1) is 0 Å². The summed E-state index contributed by atoms with van der Waals surface area (Å²) >= 11 is 0. The normalized spacial score (nSPS) is 11.4. The van der Waals surface area contributed by atoms with Gasteiger partial charge in [-0.05, 0) is 47.9 Å². The number of benzene rings is 3. The quantitative estimate of drug-likeness (QED) is 0.421. The first kappa shape index (κ1) is 16.7. The average Bonchev–Trinajstić information content (AvgIpc) is 2.54. The maximum absolute atomic E-state index is 12.4. The number of nitrogens with one attached hydrogen (secondary N) is 1. The molecule has 0 aliphatic rings. The van der Waals surface area contributed by atoms with Crippen LogP contribution in [0.25, 0.3) is 10.8 Å². The highest BCUT2D eigenvalue weighted by atomic mass is 32.2. The van der Waals surface area contributed by atoms with Crippen molar-refractivity contribution in [3.8, 4) is 5.75 Å². The summed E-state index contributed by atoms with van der Waals surface area (Å²) in [7, 11) is -4.49. The molecule has 7 nitrogen and oxygen atoms in total. The molecule has 0 fully saturated rings. The first-order valence-corrected chi connectivity index (χ1v) is 8.60. The second kappa shape index (κ2) is 6.08. The van der Waals surface area contributed by atoms with E-state index in [4.69, 9.17) is 5.73 Å². The van der Waals surface area contributed by atoms with Crippen LogP contribution in [0, 0.1) is 0 Å². The molecule has 0 radical (unpaired) electrons. The predicted octanol–water partition coefficient (Wildman–Crippen LogP) is 2.63. The Hall–Kier alpha value is -3.10. The molecule has 5 N–H and O–H groups in total. The number of amides is 1. The molecule has 3 aromatic carbocycles. The number of aromatic hydroxyl groups is 1. The van der Waals surface area contributed by atoms with E-state index in [1.165, 1.54) is 30.3 Å². The minimum atomic E-state index is -4.49. The third kappa shape index (κ3) is 3.39. The SMILES string of the molecule is Nc1ccc(C(=O)Nc2cc(S(=O)(=O)O)cc3cccc(O)c23)cc1. The Morgan fingerprint density at radius 1 is 1.04 bits per heavy atom. The zero-order valence-corrected chi connectivity index (χ0v) is 13.6. The van der Waals surface area contributed by atoms with Gasteiger partial charge in [-0.3, -0.25) is 9.35 Å². The zero-order valence-electron chi connectivity index (χ0n) is 12.8. The molecule has 0 atom stereocenters. The summed E-state index contributed by atoms with van der Waals surface area (Å²) < 4.78 is 32.3. The number of phenols is 1. The summed E-state index contributed by atoms with van der Waals surface area (Å²) in [6, 6.07) is 12.9. The molecule has 8 heteroatoms. The van der Waals surface area contributed by atoms with Crippen LogP contribution in [0.15, 0.2) is 59.5 Å². The molecule has 25 heavy (non-hydrogen) atoms. The Bertz CT molecular complexity index is 1080. The fourth-order valence-corrected chi connectivity index (χ4v) is 3.00. The Balaban J connectivity index is 2.13. The summed E-state index contributed by atoms with van der Waals surface area (Å²) in [6.45, 7) is 0. The van der Waals surface area contributed by atoms with Crippen LogP contribution >= 0.6 is 0 Å². The van der Waals surface area contributed by atoms with Crippen LogP contribution < -0.4 is 11.1 Å². The lowest BCUT2D eigenvalue weighted by Crippen LogP contribution is -2.13. The van der Waals surface area contributed by atoms with Crippen molar-refractivity contribution in [3.63, 3.8) is 0 Å². The van der Waals surface area contributed by atoms with Crippen LogP contribution in [0.2, 0.25) is 0 Å². The van der Waals surface area contributed by atoms with Crippen molar-refractivity contribution >= 4 is 38.2 Å².